The van der Waals surface area contributed by atoms with Crippen LogP contribution in [0.5, 0.6) is 0 Å². The Labute approximate surface area is 186 Å². The Hall–Kier alpha value is -1.14. The van der Waals surface area contributed by atoms with E-state index in [0.29, 0.717) is 94.7 Å². The van der Waals surface area contributed by atoms with E-state index in [-0.39, 0.29) is 23.1 Å². The van der Waals surface area contributed by atoms with E-state index in [9.17, 15) is 9.59 Å². The molecule has 168 valence electrons. The van der Waals surface area contributed by atoms with Crippen LogP contribution in [0.3, 0.4) is 0 Å². The molecule has 12 atom stereocenters. The highest BCUT2D eigenvalue weighted by Crippen LogP contribution is 3.08. The Bertz CT molecular complexity index is 1000. The van der Waals surface area contributed by atoms with Gasteiger partial charge in [-0.15, -0.1) is 0 Å². The fourth-order valence-electron chi connectivity index (χ4n) is 17.5. The molecule has 12 aliphatic rings. The second-order valence-corrected chi connectivity index (χ2v) is 13.5. The maximum absolute atomic E-state index is 14.0. The van der Waals surface area contributed by atoms with Gasteiger partial charge in [0.25, 0.3) is 0 Å². The zero-order valence-corrected chi connectivity index (χ0v) is 18.7. The molecule has 12 aliphatic carbocycles. The van der Waals surface area contributed by atoms with Gasteiger partial charge >= 0.3 is 11.9 Å². The largest absolute Gasteiger partial charge is 0.468 e. The molecule has 0 aromatic carbocycles. The second kappa shape index (κ2) is 3.80. The molecule has 12 fully saturated rings. The number of hydrogen-bond donors (Lipinski definition) is 0. The lowest BCUT2D eigenvalue weighted by atomic mass is 9.59. The van der Waals surface area contributed by atoms with Gasteiger partial charge in [0.1, 0.15) is 10.8 Å². The molecule has 12 rings (SSSR count). The maximum atomic E-state index is 14.0. The summed E-state index contributed by atoms with van der Waals surface area (Å²) < 4.78 is 25.0. The summed E-state index contributed by atoms with van der Waals surface area (Å²) in [6, 6.07) is 0. The van der Waals surface area contributed by atoms with E-state index in [1.807, 2.05) is 14.2 Å². The normalized spacial score (nSPS) is 80.9. The van der Waals surface area contributed by atoms with Crippen LogP contribution in [0, 0.1) is 106 Å². The van der Waals surface area contributed by atoms with Gasteiger partial charge in [-0.2, -0.15) is 0 Å². The number of hydrogen-bond acceptors (Lipinski definition) is 6. The van der Waals surface area contributed by atoms with Crippen LogP contribution in [0.15, 0.2) is 0 Å². The van der Waals surface area contributed by atoms with Crippen LogP contribution in [0.1, 0.15) is 0 Å². The zero-order chi connectivity index (χ0) is 21.2. The van der Waals surface area contributed by atoms with Gasteiger partial charge in [0, 0.05) is 14.2 Å². The smallest absolute Gasteiger partial charge is 0.315 e. The first-order valence-electron chi connectivity index (χ1n) is 12.8. The van der Waals surface area contributed by atoms with Gasteiger partial charge in [-0.3, -0.25) is 9.59 Å². The summed E-state index contributed by atoms with van der Waals surface area (Å²) in [6.07, 6.45) is 0. The van der Waals surface area contributed by atoms with Gasteiger partial charge in [0.15, 0.2) is 0 Å². The van der Waals surface area contributed by atoms with Crippen molar-refractivity contribution >= 4 is 11.9 Å². The first-order valence-corrected chi connectivity index (χ1v) is 12.8. The van der Waals surface area contributed by atoms with E-state index in [2.05, 4.69) is 0 Å². The lowest BCUT2D eigenvalue weighted by Crippen LogP contribution is -2.61. The minimum atomic E-state index is -0.466. The van der Waals surface area contributed by atoms with Gasteiger partial charge in [-0.1, -0.05) is 0 Å². The number of carbonyl (C=O) groups is 2. The lowest BCUT2D eigenvalue weighted by molar-refractivity contribution is -0.201. The fourth-order valence-corrected chi connectivity index (χ4v) is 17.5. The van der Waals surface area contributed by atoms with E-state index in [1.54, 1.807) is 14.2 Å². The average molecular weight is 437 g/mol. The third kappa shape index (κ3) is 0.805. The molecule has 0 bridgehead atoms. The van der Waals surface area contributed by atoms with Crippen LogP contribution >= 0.6 is 0 Å². The van der Waals surface area contributed by atoms with Crippen LogP contribution in [0.2, 0.25) is 0 Å². The van der Waals surface area contributed by atoms with Gasteiger partial charge in [-0.25, -0.2) is 0 Å². The monoisotopic (exact) mass is 436 g/mol. The van der Waals surface area contributed by atoms with Crippen molar-refractivity contribution in [3.05, 3.63) is 0 Å². The molecule has 0 aromatic heterocycles. The quantitative estimate of drug-likeness (QED) is 0.615. The van der Waals surface area contributed by atoms with Crippen molar-refractivity contribution in [1.29, 1.82) is 0 Å². The van der Waals surface area contributed by atoms with E-state index in [1.165, 1.54) is 0 Å². The molecule has 0 aromatic rings. The predicted octanol–water partition coefficient (Wildman–Crippen LogP) is 1.08. The number of esters is 2. The summed E-state index contributed by atoms with van der Waals surface area (Å²) in [4.78, 5) is 28.1. The molecule has 6 heteroatoms. The third-order valence-electron chi connectivity index (χ3n) is 15.5. The Morgan fingerprint density at radius 1 is 0.469 bits per heavy atom. The topological polar surface area (TPSA) is 71.1 Å². The van der Waals surface area contributed by atoms with Crippen molar-refractivity contribution in [1.82, 2.24) is 0 Å². The van der Waals surface area contributed by atoms with Crippen molar-refractivity contribution in [3.8, 4) is 0 Å². The van der Waals surface area contributed by atoms with Crippen molar-refractivity contribution in [3.63, 3.8) is 0 Å². The Balaban J connectivity index is 1.36. The van der Waals surface area contributed by atoms with Crippen LogP contribution in [-0.2, 0) is 28.5 Å². The summed E-state index contributed by atoms with van der Waals surface area (Å²) in [7, 11) is 7.02. The molecule has 0 heterocycles. The molecule has 32 heavy (non-hydrogen) atoms. The van der Waals surface area contributed by atoms with Crippen molar-refractivity contribution < 1.29 is 28.5 Å². The minimum Gasteiger partial charge on any atom is -0.468 e. The molecular weight excluding hydrogens is 408 g/mol. The molecule has 0 amide bonds. The molecule has 0 radical (unpaired) electrons. The Kier molecular flexibility index (Phi) is 1.96. The average Bonchev–Trinajstić information content (AvgIpc) is 3.57. The van der Waals surface area contributed by atoms with Crippen LogP contribution in [0.25, 0.3) is 0 Å². The summed E-state index contributed by atoms with van der Waals surface area (Å²) >= 11 is 0. The molecule has 0 saturated heterocycles. The van der Waals surface area contributed by atoms with Gasteiger partial charge in [-0.05, 0) is 94.7 Å². The number of ether oxygens (including phenoxy) is 4. The van der Waals surface area contributed by atoms with Crippen molar-refractivity contribution in [2.75, 3.05) is 28.4 Å². The number of carbonyl (C=O) groups excluding carboxylic acids is 2. The molecule has 0 spiro atoms. The predicted molar refractivity (Wildman–Crippen MR) is 104 cm³/mol. The molecule has 6 nitrogen and oxygen atoms in total. The zero-order valence-electron chi connectivity index (χ0n) is 18.7. The van der Waals surface area contributed by atoms with E-state index in [4.69, 9.17) is 18.9 Å². The van der Waals surface area contributed by atoms with Crippen molar-refractivity contribution in [2.24, 2.45) is 106 Å². The minimum absolute atomic E-state index is 0.0293. The summed E-state index contributed by atoms with van der Waals surface area (Å²) in [5, 5.41) is 0. The molecule has 0 aliphatic heterocycles. The fraction of sp³-hybridized carbons (Fsp3) is 0.923. The van der Waals surface area contributed by atoms with E-state index >= 15 is 0 Å². The first kappa shape index (κ1) is 16.5. The molecule has 12 unspecified atom stereocenters. The number of rotatable bonds is 4. The van der Waals surface area contributed by atoms with Gasteiger partial charge in [0.05, 0.1) is 25.4 Å². The highest BCUT2D eigenvalue weighted by Gasteiger charge is 3.12. The standard InChI is InChI=1S/C26H28O6/c1-29-21(27)23-13-5-6-14(23)8-10-16(6)24(22(28)30-2)15(5)9-7(13)17-11-12(18(8)25(17,23)31-3)20(10)26(24,32-4)19(9)11/h5-20H,1-4H3. The summed E-state index contributed by atoms with van der Waals surface area (Å²) in [5.41, 5.74) is -1.59. The first-order chi connectivity index (χ1) is 15.6. The maximum Gasteiger partial charge on any atom is 0.315 e. The highest BCUT2D eigenvalue weighted by molar-refractivity contribution is 5.89. The molecule has 0 N–H and O–H groups in total. The SMILES string of the molecule is COC(=O)C12C3C4C5C6C7C8C(C9C%10C8C6(OC)C6(C(=O)OC)C5C3C(C91)C%106)C2(OC)C74. The summed E-state index contributed by atoms with van der Waals surface area (Å²) in [6.45, 7) is 0. The van der Waals surface area contributed by atoms with E-state index in [0.717, 1.165) is 0 Å². The lowest BCUT2D eigenvalue weighted by Gasteiger charge is -2.49. The Morgan fingerprint density at radius 3 is 0.969 bits per heavy atom. The van der Waals surface area contributed by atoms with E-state index < -0.39 is 10.8 Å². The van der Waals surface area contributed by atoms with Crippen molar-refractivity contribution in [2.45, 2.75) is 11.2 Å². The number of methoxy groups -OCH3 is 4. The van der Waals surface area contributed by atoms with Crippen LogP contribution < -0.4 is 0 Å². The van der Waals surface area contributed by atoms with Crippen LogP contribution in [-0.4, -0.2) is 51.6 Å². The second-order valence-electron chi connectivity index (χ2n) is 13.5. The summed E-state index contributed by atoms with van der Waals surface area (Å²) in [5.74, 6) is 7.20. The Morgan fingerprint density at radius 2 is 0.719 bits per heavy atom. The third-order valence-corrected chi connectivity index (χ3v) is 15.5. The highest BCUT2D eigenvalue weighted by atomic mass is 16.5. The molecule has 12 saturated carbocycles. The van der Waals surface area contributed by atoms with Gasteiger partial charge < -0.3 is 18.9 Å². The molecular formula is C26H28O6. The van der Waals surface area contributed by atoms with Crippen LogP contribution in [0.4, 0.5) is 0 Å². The van der Waals surface area contributed by atoms with Gasteiger partial charge in [0.2, 0.25) is 0 Å².